The number of carbonyl (C=O) groups is 1. The second kappa shape index (κ2) is 5.00. The maximum Gasteiger partial charge on any atom is 0.255 e. The summed E-state index contributed by atoms with van der Waals surface area (Å²) < 4.78 is 0. The van der Waals surface area contributed by atoms with Crippen LogP contribution in [0, 0.1) is 13.8 Å². The van der Waals surface area contributed by atoms with Crippen LogP contribution >= 0.6 is 0 Å². The molecule has 0 unspecified atom stereocenters. The Bertz CT molecular complexity index is 677. The molecule has 0 bridgehead atoms. The largest absolute Gasteiger partial charge is 0.384 e. The van der Waals surface area contributed by atoms with Gasteiger partial charge in [-0.05, 0) is 61.2 Å². The molecular weight excluding hydrogens is 248 g/mol. The molecule has 20 heavy (non-hydrogen) atoms. The Hall–Kier alpha value is -2.29. The molecule has 3 nitrogen and oxygen atoms in total. The molecule has 2 N–H and O–H groups in total. The standard InChI is InChI=1S/C17H18N2O/c1-11-4-3-5-15(12(11)2)19-17(20)14-6-7-16-13(10-14)8-9-18-16/h3-7,10,18H,8-9H2,1-2H3,(H,19,20). The van der Waals surface area contributed by atoms with Crippen LogP contribution in [0.4, 0.5) is 11.4 Å². The Morgan fingerprint density at radius 3 is 2.90 bits per heavy atom. The highest BCUT2D eigenvalue weighted by atomic mass is 16.1. The van der Waals surface area contributed by atoms with Crippen LogP contribution in [0.5, 0.6) is 0 Å². The van der Waals surface area contributed by atoms with E-state index < -0.39 is 0 Å². The fraction of sp³-hybridized carbons (Fsp3) is 0.235. The van der Waals surface area contributed by atoms with Gasteiger partial charge in [0.05, 0.1) is 0 Å². The zero-order valence-electron chi connectivity index (χ0n) is 11.8. The van der Waals surface area contributed by atoms with Gasteiger partial charge in [0.1, 0.15) is 0 Å². The number of anilines is 2. The number of hydrogen-bond acceptors (Lipinski definition) is 2. The van der Waals surface area contributed by atoms with Gasteiger partial charge in [-0.2, -0.15) is 0 Å². The third kappa shape index (κ3) is 2.27. The molecule has 3 rings (SSSR count). The molecule has 102 valence electrons. The van der Waals surface area contributed by atoms with E-state index in [0.29, 0.717) is 5.56 Å². The zero-order chi connectivity index (χ0) is 14.1. The first-order valence-corrected chi connectivity index (χ1v) is 6.89. The van der Waals surface area contributed by atoms with Crippen molar-refractivity contribution in [3.05, 3.63) is 58.7 Å². The van der Waals surface area contributed by atoms with Gasteiger partial charge in [-0.25, -0.2) is 0 Å². The summed E-state index contributed by atoms with van der Waals surface area (Å²) >= 11 is 0. The van der Waals surface area contributed by atoms with Crippen molar-refractivity contribution in [1.82, 2.24) is 0 Å². The quantitative estimate of drug-likeness (QED) is 0.873. The lowest BCUT2D eigenvalue weighted by Gasteiger charge is -2.11. The lowest BCUT2D eigenvalue weighted by Crippen LogP contribution is -2.13. The van der Waals surface area contributed by atoms with Crippen molar-refractivity contribution in [2.24, 2.45) is 0 Å². The van der Waals surface area contributed by atoms with Crippen LogP contribution in [0.15, 0.2) is 36.4 Å². The Morgan fingerprint density at radius 2 is 2.05 bits per heavy atom. The van der Waals surface area contributed by atoms with Crippen LogP contribution < -0.4 is 10.6 Å². The van der Waals surface area contributed by atoms with Crippen LogP contribution in [-0.2, 0) is 6.42 Å². The van der Waals surface area contributed by atoms with Gasteiger partial charge < -0.3 is 10.6 Å². The zero-order valence-corrected chi connectivity index (χ0v) is 11.8. The fourth-order valence-corrected chi connectivity index (χ4v) is 2.53. The van der Waals surface area contributed by atoms with E-state index >= 15 is 0 Å². The van der Waals surface area contributed by atoms with Gasteiger partial charge in [0.2, 0.25) is 0 Å². The first-order valence-electron chi connectivity index (χ1n) is 6.89. The first kappa shape index (κ1) is 12.7. The van der Waals surface area contributed by atoms with Gasteiger partial charge >= 0.3 is 0 Å². The van der Waals surface area contributed by atoms with E-state index in [1.807, 2.05) is 50.2 Å². The highest BCUT2D eigenvalue weighted by Crippen LogP contribution is 2.24. The molecule has 0 radical (unpaired) electrons. The van der Waals surface area contributed by atoms with Gasteiger partial charge in [-0.15, -0.1) is 0 Å². The summed E-state index contributed by atoms with van der Waals surface area (Å²) in [6.07, 6.45) is 0.986. The average Bonchev–Trinajstić information content (AvgIpc) is 2.91. The third-order valence-electron chi connectivity index (χ3n) is 3.93. The minimum absolute atomic E-state index is 0.0478. The Morgan fingerprint density at radius 1 is 1.20 bits per heavy atom. The minimum Gasteiger partial charge on any atom is -0.384 e. The second-order valence-electron chi connectivity index (χ2n) is 5.25. The van der Waals surface area contributed by atoms with Gasteiger partial charge in [0.15, 0.2) is 0 Å². The number of carbonyl (C=O) groups excluding carboxylic acids is 1. The lowest BCUT2D eigenvalue weighted by molar-refractivity contribution is 0.102. The molecule has 1 heterocycles. The molecule has 0 saturated carbocycles. The Labute approximate surface area is 119 Å². The Kier molecular flexibility index (Phi) is 3.18. The third-order valence-corrected chi connectivity index (χ3v) is 3.93. The molecule has 0 spiro atoms. The van der Waals surface area contributed by atoms with Crippen LogP contribution in [0.3, 0.4) is 0 Å². The molecule has 0 fully saturated rings. The van der Waals surface area contributed by atoms with Crippen molar-refractivity contribution in [2.75, 3.05) is 17.2 Å². The highest BCUT2D eigenvalue weighted by molar-refractivity contribution is 6.05. The lowest BCUT2D eigenvalue weighted by atomic mass is 10.1. The Balaban J connectivity index is 1.84. The highest BCUT2D eigenvalue weighted by Gasteiger charge is 2.14. The van der Waals surface area contributed by atoms with E-state index in [2.05, 4.69) is 10.6 Å². The molecule has 2 aromatic rings. The summed E-state index contributed by atoms with van der Waals surface area (Å²) in [6.45, 7) is 5.03. The maximum atomic E-state index is 12.3. The number of nitrogens with one attached hydrogen (secondary N) is 2. The molecular formula is C17H18N2O. The van der Waals surface area contributed by atoms with Gasteiger partial charge in [0.25, 0.3) is 5.91 Å². The van der Waals surface area contributed by atoms with E-state index in [1.165, 1.54) is 11.1 Å². The summed E-state index contributed by atoms with van der Waals surface area (Å²) in [4.78, 5) is 12.3. The van der Waals surface area contributed by atoms with Gasteiger partial charge in [-0.3, -0.25) is 4.79 Å². The molecule has 1 amide bonds. The van der Waals surface area contributed by atoms with E-state index in [4.69, 9.17) is 0 Å². The smallest absolute Gasteiger partial charge is 0.255 e. The van der Waals surface area contributed by atoms with Crippen LogP contribution in [-0.4, -0.2) is 12.5 Å². The molecule has 0 aromatic heterocycles. The topological polar surface area (TPSA) is 41.1 Å². The first-order chi connectivity index (χ1) is 9.65. The molecule has 1 aliphatic rings. The summed E-state index contributed by atoms with van der Waals surface area (Å²) in [5.74, 6) is -0.0478. The van der Waals surface area contributed by atoms with Crippen molar-refractivity contribution in [1.29, 1.82) is 0 Å². The van der Waals surface area contributed by atoms with Gasteiger partial charge in [-0.1, -0.05) is 12.1 Å². The van der Waals surface area contributed by atoms with Crippen molar-refractivity contribution in [2.45, 2.75) is 20.3 Å². The van der Waals surface area contributed by atoms with E-state index in [1.54, 1.807) is 0 Å². The van der Waals surface area contributed by atoms with Crippen LogP contribution in [0.2, 0.25) is 0 Å². The number of rotatable bonds is 2. The van der Waals surface area contributed by atoms with Crippen molar-refractivity contribution in [3.63, 3.8) is 0 Å². The summed E-state index contributed by atoms with van der Waals surface area (Å²) in [7, 11) is 0. The monoisotopic (exact) mass is 266 g/mol. The number of amides is 1. The average molecular weight is 266 g/mol. The normalized spacial score (nSPS) is 12.7. The molecule has 0 saturated heterocycles. The summed E-state index contributed by atoms with van der Waals surface area (Å²) in [6, 6.07) is 11.8. The van der Waals surface area contributed by atoms with Crippen LogP contribution in [0.25, 0.3) is 0 Å². The predicted octanol–water partition coefficient (Wildman–Crippen LogP) is 3.52. The number of benzene rings is 2. The predicted molar refractivity (Wildman–Crippen MR) is 82.5 cm³/mol. The second-order valence-corrected chi connectivity index (χ2v) is 5.25. The van der Waals surface area contributed by atoms with E-state index in [0.717, 1.165) is 29.9 Å². The van der Waals surface area contributed by atoms with Crippen molar-refractivity contribution in [3.8, 4) is 0 Å². The van der Waals surface area contributed by atoms with E-state index in [9.17, 15) is 4.79 Å². The summed E-state index contributed by atoms with van der Waals surface area (Å²) in [5, 5.41) is 6.30. The molecule has 3 heteroatoms. The minimum atomic E-state index is -0.0478. The number of fused-ring (bicyclic) bond motifs is 1. The van der Waals surface area contributed by atoms with Crippen molar-refractivity contribution < 1.29 is 4.79 Å². The SMILES string of the molecule is Cc1cccc(NC(=O)c2ccc3c(c2)CCN3)c1C. The fourth-order valence-electron chi connectivity index (χ4n) is 2.53. The maximum absolute atomic E-state index is 12.3. The van der Waals surface area contributed by atoms with Gasteiger partial charge in [0, 0.05) is 23.5 Å². The number of aryl methyl sites for hydroxylation is 1. The van der Waals surface area contributed by atoms with Crippen LogP contribution in [0.1, 0.15) is 27.0 Å². The number of hydrogen-bond donors (Lipinski definition) is 2. The van der Waals surface area contributed by atoms with E-state index in [-0.39, 0.29) is 5.91 Å². The molecule has 2 aromatic carbocycles. The molecule has 0 atom stereocenters. The molecule has 0 aliphatic carbocycles. The molecule has 1 aliphatic heterocycles. The van der Waals surface area contributed by atoms with Crippen molar-refractivity contribution >= 4 is 17.3 Å². The summed E-state index contributed by atoms with van der Waals surface area (Å²) in [5.41, 5.74) is 6.26.